The number of likely N-dealkylation sites (tertiary alicyclic amines) is 1. The molecule has 0 spiro atoms. The molecule has 116 valence electrons. The van der Waals surface area contributed by atoms with Gasteiger partial charge in [-0.05, 0) is 30.2 Å². The molecular weight excluding hydrogens is 295 g/mol. The molecule has 1 atom stereocenters. The zero-order valence-corrected chi connectivity index (χ0v) is 12.6. The van der Waals surface area contributed by atoms with Crippen molar-refractivity contribution in [3.05, 3.63) is 59.7 Å². The van der Waals surface area contributed by atoms with Crippen LogP contribution in [0.25, 0.3) is 11.0 Å². The van der Waals surface area contributed by atoms with E-state index < -0.39 is 0 Å². The van der Waals surface area contributed by atoms with Gasteiger partial charge in [-0.25, -0.2) is 4.39 Å². The normalized spacial score (nSPS) is 17.3. The van der Waals surface area contributed by atoms with Crippen molar-refractivity contribution < 1.29 is 9.18 Å². The quantitative estimate of drug-likeness (QED) is 0.731. The van der Waals surface area contributed by atoms with E-state index in [2.05, 4.69) is 10.1 Å². The van der Waals surface area contributed by atoms with E-state index in [1.165, 1.54) is 12.1 Å². The summed E-state index contributed by atoms with van der Waals surface area (Å²) in [5.41, 5.74) is 3.10. The molecule has 0 bridgehead atoms. The van der Waals surface area contributed by atoms with Crippen LogP contribution in [0.4, 0.5) is 4.39 Å². The summed E-state index contributed by atoms with van der Waals surface area (Å²) in [7, 11) is 1.82. The fourth-order valence-electron chi connectivity index (χ4n) is 2.97. The summed E-state index contributed by atoms with van der Waals surface area (Å²) >= 11 is 0. The zero-order valence-electron chi connectivity index (χ0n) is 12.6. The monoisotopic (exact) mass is 310 g/mol. The maximum absolute atomic E-state index is 13.1. The van der Waals surface area contributed by atoms with E-state index in [9.17, 15) is 9.18 Å². The third-order valence-corrected chi connectivity index (χ3v) is 4.38. The van der Waals surface area contributed by atoms with Gasteiger partial charge in [-0.15, -0.1) is 0 Å². The molecule has 5 nitrogen and oxygen atoms in total. The number of carbonyl (C=O) groups excluding carboxylic acids is 1. The van der Waals surface area contributed by atoms with Gasteiger partial charge in [0.2, 0.25) is 0 Å². The van der Waals surface area contributed by atoms with Crippen LogP contribution in [-0.2, 0) is 7.05 Å². The summed E-state index contributed by atoms with van der Waals surface area (Å²) in [6.45, 7) is 0.699. The first kappa shape index (κ1) is 13.9. The highest BCUT2D eigenvalue weighted by Crippen LogP contribution is 2.34. The molecule has 1 aliphatic rings. The van der Waals surface area contributed by atoms with Crippen LogP contribution in [0.2, 0.25) is 0 Å². The first-order chi connectivity index (χ1) is 11.1. The largest absolute Gasteiger partial charge is 0.331 e. The van der Waals surface area contributed by atoms with Crippen molar-refractivity contribution in [3.8, 4) is 0 Å². The van der Waals surface area contributed by atoms with Crippen LogP contribution in [-0.4, -0.2) is 32.1 Å². The van der Waals surface area contributed by atoms with E-state index in [0.29, 0.717) is 12.1 Å². The number of carbonyl (C=O) groups is 1. The molecule has 1 aromatic carbocycles. The topological polar surface area (TPSA) is 51.0 Å². The summed E-state index contributed by atoms with van der Waals surface area (Å²) in [6, 6.07) is 8.16. The van der Waals surface area contributed by atoms with E-state index in [0.717, 1.165) is 23.0 Å². The van der Waals surface area contributed by atoms with Crippen LogP contribution in [0, 0.1) is 5.82 Å². The number of amides is 1. The Labute approximate surface area is 132 Å². The van der Waals surface area contributed by atoms with Gasteiger partial charge in [0.15, 0.2) is 0 Å². The van der Waals surface area contributed by atoms with E-state index in [1.54, 1.807) is 34.1 Å². The molecule has 1 amide bonds. The van der Waals surface area contributed by atoms with Gasteiger partial charge in [0.25, 0.3) is 5.91 Å². The van der Waals surface area contributed by atoms with E-state index in [-0.39, 0.29) is 17.8 Å². The molecule has 3 aromatic rings. The molecule has 2 aromatic heterocycles. The second-order valence-corrected chi connectivity index (χ2v) is 5.75. The predicted molar refractivity (Wildman–Crippen MR) is 83.3 cm³/mol. The standard InChI is InChI=1S/C17H15FN4O/c1-21-16-8-12(9-19-14(16)10-20-21)17(23)22-7-6-15(22)11-2-4-13(18)5-3-11/h2-5,8-10,15H,6-7H2,1H3. The first-order valence-corrected chi connectivity index (χ1v) is 7.47. The Morgan fingerprint density at radius 1 is 1.26 bits per heavy atom. The number of aryl methyl sites for hydroxylation is 1. The van der Waals surface area contributed by atoms with Gasteiger partial charge in [0, 0.05) is 19.8 Å². The second-order valence-electron chi connectivity index (χ2n) is 5.75. The Morgan fingerprint density at radius 2 is 2.04 bits per heavy atom. The number of halogens is 1. The molecule has 23 heavy (non-hydrogen) atoms. The van der Waals surface area contributed by atoms with Gasteiger partial charge in [0.05, 0.1) is 23.3 Å². The Bertz CT molecular complexity index is 887. The number of fused-ring (bicyclic) bond motifs is 1. The first-order valence-electron chi connectivity index (χ1n) is 7.47. The highest BCUT2D eigenvalue weighted by Gasteiger charge is 2.34. The van der Waals surface area contributed by atoms with Crippen LogP contribution in [0.3, 0.4) is 0 Å². The molecule has 0 aliphatic carbocycles. The minimum atomic E-state index is -0.267. The Kier molecular flexibility index (Phi) is 3.11. The van der Waals surface area contributed by atoms with Crippen LogP contribution in [0.15, 0.2) is 42.7 Å². The van der Waals surface area contributed by atoms with Gasteiger partial charge in [-0.2, -0.15) is 5.10 Å². The number of pyridine rings is 1. The van der Waals surface area contributed by atoms with Crippen LogP contribution >= 0.6 is 0 Å². The molecular formula is C17H15FN4O. The highest BCUT2D eigenvalue weighted by molar-refractivity contribution is 5.97. The lowest BCUT2D eigenvalue weighted by Gasteiger charge is -2.41. The predicted octanol–water partition coefficient (Wildman–Crippen LogP) is 2.69. The van der Waals surface area contributed by atoms with E-state index >= 15 is 0 Å². The number of benzene rings is 1. The summed E-state index contributed by atoms with van der Waals surface area (Å²) < 4.78 is 14.8. The summed E-state index contributed by atoms with van der Waals surface area (Å²) in [6.07, 6.45) is 4.15. The van der Waals surface area contributed by atoms with Crippen LogP contribution in [0.5, 0.6) is 0 Å². The van der Waals surface area contributed by atoms with Crippen molar-refractivity contribution in [1.82, 2.24) is 19.7 Å². The Hall–Kier alpha value is -2.76. The van der Waals surface area contributed by atoms with Crippen molar-refractivity contribution in [2.45, 2.75) is 12.5 Å². The number of nitrogens with zero attached hydrogens (tertiary/aromatic N) is 4. The smallest absolute Gasteiger partial charge is 0.256 e. The van der Waals surface area contributed by atoms with Gasteiger partial charge in [-0.3, -0.25) is 14.5 Å². The fraction of sp³-hybridized carbons (Fsp3) is 0.235. The minimum absolute atomic E-state index is 0.00494. The van der Waals surface area contributed by atoms with Crippen LogP contribution in [0.1, 0.15) is 28.4 Å². The lowest BCUT2D eigenvalue weighted by Crippen LogP contribution is -2.45. The van der Waals surface area contributed by atoms with Gasteiger partial charge in [-0.1, -0.05) is 12.1 Å². The number of hydrogen-bond donors (Lipinski definition) is 0. The lowest BCUT2D eigenvalue weighted by atomic mass is 9.94. The van der Waals surface area contributed by atoms with Crippen molar-refractivity contribution in [2.75, 3.05) is 6.54 Å². The molecule has 1 saturated heterocycles. The molecule has 1 fully saturated rings. The maximum atomic E-state index is 13.1. The van der Waals surface area contributed by atoms with Gasteiger partial charge in [0.1, 0.15) is 11.3 Å². The molecule has 0 saturated carbocycles. The molecule has 1 aliphatic heterocycles. The maximum Gasteiger partial charge on any atom is 0.256 e. The number of hydrogen-bond acceptors (Lipinski definition) is 3. The summed E-state index contributed by atoms with van der Waals surface area (Å²) in [5.74, 6) is -0.321. The third-order valence-electron chi connectivity index (χ3n) is 4.38. The Balaban J connectivity index is 1.62. The van der Waals surface area contributed by atoms with Crippen LogP contribution < -0.4 is 0 Å². The van der Waals surface area contributed by atoms with Crippen molar-refractivity contribution >= 4 is 16.9 Å². The van der Waals surface area contributed by atoms with Crippen molar-refractivity contribution in [1.29, 1.82) is 0 Å². The van der Waals surface area contributed by atoms with E-state index in [1.807, 2.05) is 13.1 Å². The molecule has 0 radical (unpaired) electrons. The molecule has 4 rings (SSSR count). The Morgan fingerprint density at radius 3 is 2.74 bits per heavy atom. The molecule has 0 N–H and O–H groups in total. The highest BCUT2D eigenvalue weighted by atomic mass is 19.1. The minimum Gasteiger partial charge on any atom is -0.331 e. The molecule has 6 heteroatoms. The fourth-order valence-corrected chi connectivity index (χ4v) is 2.97. The van der Waals surface area contributed by atoms with Gasteiger partial charge >= 0.3 is 0 Å². The summed E-state index contributed by atoms with van der Waals surface area (Å²) in [5, 5.41) is 4.14. The lowest BCUT2D eigenvalue weighted by molar-refractivity contribution is 0.0460. The zero-order chi connectivity index (χ0) is 16.0. The number of rotatable bonds is 2. The van der Waals surface area contributed by atoms with Crippen molar-refractivity contribution in [3.63, 3.8) is 0 Å². The molecule has 1 unspecified atom stereocenters. The SMILES string of the molecule is Cn1ncc2ncc(C(=O)N3CCC3c3ccc(F)cc3)cc21. The van der Waals surface area contributed by atoms with Crippen molar-refractivity contribution in [2.24, 2.45) is 7.05 Å². The van der Waals surface area contributed by atoms with Gasteiger partial charge < -0.3 is 4.90 Å². The average Bonchev–Trinajstić information content (AvgIpc) is 2.89. The summed E-state index contributed by atoms with van der Waals surface area (Å²) in [4.78, 5) is 18.8. The molecule has 3 heterocycles. The average molecular weight is 310 g/mol. The third kappa shape index (κ3) is 2.27. The van der Waals surface area contributed by atoms with E-state index in [4.69, 9.17) is 0 Å². The second kappa shape index (κ2) is 5.15. The number of aromatic nitrogens is 3.